The number of aryl methyl sites for hydroxylation is 1. The molecule has 2 aromatic heterocycles. The molecule has 1 aliphatic rings. The summed E-state index contributed by atoms with van der Waals surface area (Å²) in [6.45, 7) is 4.74. The topological polar surface area (TPSA) is 107 Å². The molecular weight excluding hydrogens is 390 g/mol. The SMILES string of the molecule is COCc1nnc(NC(=O)c2sc(N(C[C@H]3CCCO3)C(C)=O)nc2C)s1. The smallest absolute Gasteiger partial charge is 0.269 e. The molecule has 0 saturated carbocycles. The van der Waals surface area contributed by atoms with Gasteiger partial charge in [0.1, 0.15) is 16.5 Å². The lowest BCUT2D eigenvalue weighted by atomic mass is 10.2. The average molecular weight is 412 g/mol. The molecule has 11 heteroatoms. The van der Waals surface area contributed by atoms with E-state index >= 15 is 0 Å². The van der Waals surface area contributed by atoms with E-state index in [9.17, 15) is 9.59 Å². The number of anilines is 2. The third-order valence-electron chi connectivity index (χ3n) is 3.97. The summed E-state index contributed by atoms with van der Waals surface area (Å²) in [4.78, 5) is 31.1. The Balaban J connectivity index is 1.73. The number of carbonyl (C=O) groups is 2. The summed E-state index contributed by atoms with van der Waals surface area (Å²) in [6.07, 6.45) is 1.92. The Bertz CT molecular complexity index is 816. The summed E-state index contributed by atoms with van der Waals surface area (Å²) < 4.78 is 10.6. The molecule has 2 amide bonds. The zero-order valence-electron chi connectivity index (χ0n) is 15.4. The zero-order chi connectivity index (χ0) is 19.4. The molecule has 27 heavy (non-hydrogen) atoms. The van der Waals surface area contributed by atoms with Crippen LogP contribution in [0.25, 0.3) is 0 Å². The minimum atomic E-state index is -0.322. The van der Waals surface area contributed by atoms with E-state index in [2.05, 4.69) is 20.5 Å². The Morgan fingerprint density at radius 2 is 2.19 bits per heavy atom. The fourth-order valence-electron chi connectivity index (χ4n) is 2.68. The maximum Gasteiger partial charge on any atom is 0.269 e. The molecule has 146 valence electrons. The van der Waals surface area contributed by atoms with Crippen LogP contribution in [0.5, 0.6) is 0 Å². The third-order valence-corrected chi connectivity index (χ3v) is 5.96. The van der Waals surface area contributed by atoms with Crippen LogP contribution < -0.4 is 10.2 Å². The van der Waals surface area contributed by atoms with E-state index in [0.717, 1.165) is 12.8 Å². The first-order valence-corrected chi connectivity index (χ1v) is 10.1. The van der Waals surface area contributed by atoms with Crippen molar-refractivity contribution in [3.05, 3.63) is 15.6 Å². The molecule has 0 aliphatic carbocycles. The number of ether oxygens (including phenoxy) is 2. The number of rotatable bonds is 7. The maximum atomic E-state index is 12.6. The molecule has 0 unspecified atom stereocenters. The monoisotopic (exact) mass is 411 g/mol. The highest BCUT2D eigenvalue weighted by Gasteiger charge is 2.26. The van der Waals surface area contributed by atoms with E-state index in [1.54, 1.807) is 18.9 Å². The Kier molecular flexibility index (Phi) is 6.47. The molecule has 3 rings (SSSR count). The van der Waals surface area contributed by atoms with Crippen molar-refractivity contribution >= 4 is 44.8 Å². The van der Waals surface area contributed by atoms with Gasteiger partial charge < -0.3 is 9.47 Å². The number of carbonyl (C=O) groups excluding carboxylic acids is 2. The van der Waals surface area contributed by atoms with Gasteiger partial charge in [0.15, 0.2) is 5.13 Å². The summed E-state index contributed by atoms with van der Waals surface area (Å²) in [5.74, 6) is -0.448. The summed E-state index contributed by atoms with van der Waals surface area (Å²) in [5.41, 5.74) is 0.563. The fraction of sp³-hybridized carbons (Fsp3) is 0.562. The number of nitrogens with zero attached hydrogens (tertiary/aromatic N) is 4. The van der Waals surface area contributed by atoms with Crippen molar-refractivity contribution in [2.45, 2.75) is 39.4 Å². The first-order valence-electron chi connectivity index (χ1n) is 8.47. The van der Waals surface area contributed by atoms with Gasteiger partial charge in [0.25, 0.3) is 5.91 Å². The van der Waals surface area contributed by atoms with Crippen molar-refractivity contribution in [2.24, 2.45) is 0 Å². The number of hydrogen-bond donors (Lipinski definition) is 1. The van der Waals surface area contributed by atoms with E-state index in [1.165, 1.54) is 29.6 Å². The first-order chi connectivity index (χ1) is 13.0. The van der Waals surface area contributed by atoms with Gasteiger partial charge in [0.2, 0.25) is 11.0 Å². The molecule has 1 aliphatic heterocycles. The largest absolute Gasteiger partial charge is 0.377 e. The fourth-order valence-corrected chi connectivity index (χ4v) is 4.40. The molecule has 1 saturated heterocycles. The molecule has 0 spiro atoms. The van der Waals surface area contributed by atoms with Crippen LogP contribution in [0.4, 0.5) is 10.3 Å². The first kappa shape index (κ1) is 19.8. The number of hydrogen-bond acceptors (Lipinski definition) is 9. The normalized spacial score (nSPS) is 16.5. The van der Waals surface area contributed by atoms with Crippen LogP contribution in [-0.4, -0.2) is 53.4 Å². The third kappa shape index (κ3) is 4.86. The zero-order valence-corrected chi connectivity index (χ0v) is 17.0. The standard InChI is InChI=1S/C16H21N5O4S2/c1-9-13(14(23)18-15-20-19-12(26-15)8-24-3)27-16(17-9)21(10(2)22)7-11-5-4-6-25-11/h11H,4-8H2,1-3H3,(H,18,20,23)/t11-/m1/s1. The molecular formula is C16H21N5O4S2. The van der Waals surface area contributed by atoms with Crippen LogP contribution in [0.3, 0.4) is 0 Å². The lowest BCUT2D eigenvalue weighted by Gasteiger charge is -2.21. The molecule has 3 heterocycles. The van der Waals surface area contributed by atoms with Crippen molar-refractivity contribution in [1.82, 2.24) is 15.2 Å². The number of amides is 2. The lowest BCUT2D eigenvalue weighted by molar-refractivity contribution is -0.116. The summed E-state index contributed by atoms with van der Waals surface area (Å²) in [5, 5.41) is 12.2. The van der Waals surface area contributed by atoms with Crippen molar-refractivity contribution in [1.29, 1.82) is 0 Å². The van der Waals surface area contributed by atoms with E-state index < -0.39 is 0 Å². The van der Waals surface area contributed by atoms with Crippen LogP contribution >= 0.6 is 22.7 Å². The van der Waals surface area contributed by atoms with Crippen LogP contribution in [0, 0.1) is 6.92 Å². The van der Waals surface area contributed by atoms with Crippen LogP contribution in [0.15, 0.2) is 0 Å². The quantitative estimate of drug-likeness (QED) is 0.744. The van der Waals surface area contributed by atoms with Gasteiger partial charge in [-0.1, -0.05) is 22.7 Å². The van der Waals surface area contributed by atoms with Crippen LogP contribution in [0.2, 0.25) is 0 Å². The Labute approximate surface area is 164 Å². The number of thiazole rings is 1. The van der Waals surface area contributed by atoms with Crippen molar-refractivity contribution in [3.8, 4) is 0 Å². The van der Waals surface area contributed by atoms with Gasteiger partial charge in [-0.2, -0.15) is 0 Å². The van der Waals surface area contributed by atoms with Gasteiger partial charge in [-0.25, -0.2) is 4.98 Å². The van der Waals surface area contributed by atoms with Crippen molar-refractivity contribution in [3.63, 3.8) is 0 Å². The molecule has 0 aromatic carbocycles. The van der Waals surface area contributed by atoms with Gasteiger partial charge in [0.05, 0.1) is 18.3 Å². The van der Waals surface area contributed by atoms with Crippen molar-refractivity contribution < 1.29 is 19.1 Å². The molecule has 1 atom stereocenters. The Morgan fingerprint density at radius 3 is 2.85 bits per heavy atom. The van der Waals surface area contributed by atoms with Gasteiger partial charge in [0, 0.05) is 20.6 Å². The van der Waals surface area contributed by atoms with E-state index in [0.29, 0.717) is 45.6 Å². The Morgan fingerprint density at radius 1 is 1.37 bits per heavy atom. The molecule has 9 nitrogen and oxygen atoms in total. The molecule has 1 fully saturated rings. The van der Waals surface area contributed by atoms with Gasteiger partial charge >= 0.3 is 0 Å². The molecule has 1 N–H and O–H groups in total. The number of nitrogens with one attached hydrogen (secondary N) is 1. The van der Waals surface area contributed by atoms with E-state index in [-0.39, 0.29) is 17.9 Å². The minimum Gasteiger partial charge on any atom is -0.377 e. The lowest BCUT2D eigenvalue weighted by Crippen LogP contribution is -2.35. The second kappa shape index (κ2) is 8.83. The Hall–Kier alpha value is -1.95. The molecule has 0 radical (unpaired) electrons. The minimum absolute atomic E-state index is 0.0102. The second-order valence-electron chi connectivity index (χ2n) is 6.06. The highest BCUT2D eigenvalue weighted by atomic mass is 32.1. The highest BCUT2D eigenvalue weighted by molar-refractivity contribution is 7.18. The number of aromatic nitrogens is 3. The van der Waals surface area contributed by atoms with Gasteiger partial charge in [-0.05, 0) is 19.8 Å². The highest BCUT2D eigenvalue weighted by Crippen LogP contribution is 2.29. The summed E-state index contributed by atoms with van der Waals surface area (Å²) in [7, 11) is 1.57. The maximum absolute atomic E-state index is 12.6. The second-order valence-corrected chi connectivity index (χ2v) is 8.10. The number of methoxy groups -OCH3 is 1. The van der Waals surface area contributed by atoms with Gasteiger partial charge in [-0.15, -0.1) is 10.2 Å². The molecule has 0 bridgehead atoms. The predicted octanol–water partition coefficient (Wildman–Crippen LogP) is 2.23. The molecule has 2 aromatic rings. The van der Waals surface area contributed by atoms with Crippen LogP contribution in [0.1, 0.15) is 40.1 Å². The summed E-state index contributed by atoms with van der Waals surface area (Å²) in [6, 6.07) is 0. The van der Waals surface area contributed by atoms with E-state index in [4.69, 9.17) is 9.47 Å². The average Bonchev–Trinajstić information content (AvgIpc) is 3.34. The van der Waals surface area contributed by atoms with Crippen LogP contribution in [-0.2, 0) is 20.9 Å². The van der Waals surface area contributed by atoms with Gasteiger partial charge in [-0.3, -0.25) is 19.8 Å². The van der Waals surface area contributed by atoms with Crippen molar-refractivity contribution in [2.75, 3.05) is 30.5 Å². The predicted molar refractivity (Wildman–Crippen MR) is 102 cm³/mol. The summed E-state index contributed by atoms with van der Waals surface area (Å²) >= 11 is 2.43. The van der Waals surface area contributed by atoms with E-state index in [1.807, 2.05) is 0 Å².